The molecule has 0 amide bonds. The van der Waals surface area contributed by atoms with E-state index >= 15 is 0 Å². The minimum absolute atomic E-state index is 0.370. The maximum absolute atomic E-state index is 5.42. The van der Waals surface area contributed by atoms with E-state index in [9.17, 15) is 0 Å². The standard InChI is InChI=1S/C12H16N4O6S2/c1-5-19-9-13-14-11(23-9)21-7-3-18-4-8-22-12-16-15-10(24-12)20-6-2-17-1/h1-8H2. The van der Waals surface area contributed by atoms with Crippen molar-refractivity contribution in [2.45, 2.75) is 0 Å². The molecule has 2 aromatic heterocycles. The van der Waals surface area contributed by atoms with E-state index in [0.717, 1.165) is 0 Å². The Kier molecular flexibility index (Phi) is 6.77. The van der Waals surface area contributed by atoms with Crippen LogP contribution in [0.15, 0.2) is 0 Å². The Morgan fingerprint density at radius 3 is 1.04 bits per heavy atom. The average molecular weight is 376 g/mol. The Labute approximate surface area is 145 Å². The molecule has 0 aromatic carbocycles. The lowest BCUT2D eigenvalue weighted by molar-refractivity contribution is 0.0753. The van der Waals surface area contributed by atoms with Crippen LogP contribution in [0.3, 0.4) is 0 Å². The molecule has 132 valence electrons. The molecule has 12 heteroatoms. The first-order chi connectivity index (χ1) is 11.9. The van der Waals surface area contributed by atoms with E-state index in [1.54, 1.807) is 0 Å². The average Bonchev–Trinajstić information content (AvgIpc) is 3.22. The summed E-state index contributed by atoms with van der Waals surface area (Å²) in [5, 5.41) is 17.3. The minimum Gasteiger partial charge on any atom is -0.466 e. The van der Waals surface area contributed by atoms with Gasteiger partial charge in [-0.1, -0.05) is 20.4 Å². The predicted molar refractivity (Wildman–Crippen MR) is 83.4 cm³/mol. The van der Waals surface area contributed by atoms with Gasteiger partial charge in [-0.15, -0.1) is 0 Å². The molecule has 0 atom stereocenters. The largest absolute Gasteiger partial charge is 0.466 e. The van der Waals surface area contributed by atoms with Crippen LogP contribution >= 0.6 is 22.7 Å². The molecule has 1 aliphatic rings. The van der Waals surface area contributed by atoms with Crippen LogP contribution in [-0.2, 0) is 9.47 Å². The summed E-state index contributed by atoms with van der Waals surface area (Å²) >= 11 is 2.46. The Bertz CT molecular complexity index is 513. The number of nitrogens with zero attached hydrogens (tertiary/aromatic N) is 4. The second kappa shape index (κ2) is 9.52. The van der Waals surface area contributed by atoms with Gasteiger partial charge in [0.25, 0.3) is 20.8 Å². The molecule has 0 spiro atoms. The summed E-state index contributed by atoms with van der Waals surface area (Å²) in [5.74, 6) is 0. The van der Waals surface area contributed by atoms with Crippen molar-refractivity contribution in [2.24, 2.45) is 0 Å². The van der Waals surface area contributed by atoms with Crippen molar-refractivity contribution in [1.82, 2.24) is 20.4 Å². The van der Waals surface area contributed by atoms with Gasteiger partial charge in [0.2, 0.25) is 0 Å². The molecule has 10 nitrogen and oxygen atoms in total. The van der Waals surface area contributed by atoms with Crippen molar-refractivity contribution in [2.75, 3.05) is 52.9 Å². The molecule has 0 N–H and O–H groups in total. The summed E-state index contributed by atoms with van der Waals surface area (Å²) in [5.41, 5.74) is 0. The summed E-state index contributed by atoms with van der Waals surface area (Å²) in [6, 6.07) is 0. The Balaban J connectivity index is 1.48. The van der Waals surface area contributed by atoms with Crippen molar-refractivity contribution in [3.63, 3.8) is 0 Å². The van der Waals surface area contributed by atoms with Crippen LogP contribution in [-0.4, -0.2) is 73.2 Å². The first kappa shape index (κ1) is 17.1. The van der Waals surface area contributed by atoms with Crippen molar-refractivity contribution in [3.8, 4) is 20.8 Å². The van der Waals surface area contributed by atoms with Crippen molar-refractivity contribution in [1.29, 1.82) is 0 Å². The predicted octanol–water partition coefficient (Wildman–Crippen LogP) is 0.652. The van der Waals surface area contributed by atoms with Crippen LogP contribution in [0.4, 0.5) is 0 Å². The van der Waals surface area contributed by atoms with Gasteiger partial charge in [-0.3, -0.25) is 0 Å². The van der Waals surface area contributed by atoms with E-state index < -0.39 is 0 Å². The van der Waals surface area contributed by atoms with Crippen LogP contribution in [0.25, 0.3) is 0 Å². The van der Waals surface area contributed by atoms with E-state index in [0.29, 0.717) is 73.6 Å². The third-order valence-corrected chi connectivity index (χ3v) is 4.09. The van der Waals surface area contributed by atoms with Crippen molar-refractivity contribution in [3.05, 3.63) is 0 Å². The Morgan fingerprint density at radius 2 is 0.750 bits per heavy atom. The van der Waals surface area contributed by atoms with Crippen LogP contribution in [0.2, 0.25) is 0 Å². The molecule has 0 radical (unpaired) electrons. The SMILES string of the molecule is C1COc2nnc(s2)OCCOCCOc2nnc(s2)OCCO1. The molecule has 3 rings (SSSR count). The number of hydrogen-bond acceptors (Lipinski definition) is 12. The zero-order valence-corrected chi connectivity index (χ0v) is 14.3. The smallest absolute Gasteiger partial charge is 0.297 e. The molecule has 0 unspecified atom stereocenters. The Hall–Kier alpha value is -1.76. The molecule has 0 fully saturated rings. The number of fused-ring (bicyclic) bond motifs is 4. The molecular weight excluding hydrogens is 360 g/mol. The van der Waals surface area contributed by atoms with Crippen LogP contribution < -0.4 is 18.9 Å². The van der Waals surface area contributed by atoms with Gasteiger partial charge >= 0.3 is 0 Å². The highest BCUT2D eigenvalue weighted by molar-refractivity contribution is 7.15. The second-order valence-corrected chi connectivity index (χ2v) is 6.09. The molecule has 4 bridgehead atoms. The highest BCUT2D eigenvalue weighted by Gasteiger charge is 2.08. The first-order valence-corrected chi connectivity index (χ1v) is 8.87. The van der Waals surface area contributed by atoms with Crippen LogP contribution in [0.5, 0.6) is 20.8 Å². The van der Waals surface area contributed by atoms with E-state index in [-0.39, 0.29) is 0 Å². The molecule has 1 aliphatic heterocycles. The number of rotatable bonds is 0. The van der Waals surface area contributed by atoms with Crippen LogP contribution in [0, 0.1) is 0 Å². The van der Waals surface area contributed by atoms with Crippen LogP contribution in [0.1, 0.15) is 0 Å². The minimum atomic E-state index is 0.370. The normalized spacial score (nSPS) is 17.7. The van der Waals surface area contributed by atoms with Gasteiger partial charge in [-0.2, -0.15) is 0 Å². The van der Waals surface area contributed by atoms with Gasteiger partial charge in [0.15, 0.2) is 0 Å². The number of hydrogen-bond donors (Lipinski definition) is 0. The summed E-state index contributed by atoms with van der Waals surface area (Å²) in [6.07, 6.45) is 0. The fourth-order valence-corrected chi connectivity index (χ4v) is 2.78. The molecule has 0 aliphatic carbocycles. The topological polar surface area (TPSA) is 107 Å². The maximum Gasteiger partial charge on any atom is 0.297 e. The third kappa shape index (κ3) is 5.70. The quantitative estimate of drug-likeness (QED) is 0.650. The lowest BCUT2D eigenvalue weighted by Gasteiger charge is -2.05. The fourth-order valence-electron chi connectivity index (χ4n) is 1.58. The molecular formula is C12H16N4O6S2. The van der Waals surface area contributed by atoms with Gasteiger partial charge in [0, 0.05) is 0 Å². The second-order valence-electron chi connectivity index (χ2n) is 4.29. The van der Waals surface area contributed by atoms with Gasteiger partial charge in [0.1, 0.15) is 26.4 Å². The van der Waals surface area contributed by atoms with Crippen molar-refractivity contribution < 1.29 is 28.4 Å². The summed E-state index contributed by atoms with van der Waals surface area (Å²) < 4.78 is 32.5. The zero-order chi connectivity index (χ0) is 16.5. The highest BCUT2D eigenvalue weighted by atomic mass is 32.1. The van der Waals surface area contributed by atoms with Crippen molar-refractivity contribution >= 4 is 22.7 Å². The molecule has 3 heterocycles. The third-order valence-electron chi connectivity index (χ3n) is 2.59. The molecule has 0 saturated heterocycles. The summed E-state index contributed by atoms with van der Waals surface area (Å²) in [4.78, 5) is 0. The van der Waals surface area contributed by atoms with E-state index in [4.69, 9.17) is 28.4 Å². The molecule has 2 aromatic rings. The fraction of sp³-hybridized carbons (Fsp3) is 0.667. The molecule has 0 saturated carbocycles. The summed E-state index contributed by atoms with van der Waals surface area (Å²) in [6.45, 7) is 3.13. The maximum atomic E-state index is 5.42. The van der Waals surface area contributed by atoms with Gasteiger partial charge in [0.05, 0.1) is 26.4 Å². The van der Waals surface area contributed by atoms with E-state index in [1.807, 2.05) is 0 Å². The first-order valence-electron chi connectivity index (χ1n) is 7.24. The number of ether oxygens (including phenoxy) is 6. The van der Waals surface area contributed by atoms with Gasteiger partial charge < -0.3 is 28.4 Å². The van der Waals surface area contributed by atoms with E-state index in [2.05, 4.69) is 20.4 Å². The molecule has 24 heavy (non-hydrogen) atoms. The zero-order valence-electron chi connectivity index (χ0n) is 12.7. The monoisotopic (exact) mass is 376 g/mol. The van der Waals surface area contributed by atoms with Gasteiger partial charge in [-0.25, -0.2) is 0 Å². The lowest BCUT2D eigenvalue weighted by atomic mass is 10.7. The highest BCUT2D eigenvalue weighted by Crippen LogP contribution is 2.25. The van der Waals surface area contributed by atoms with E-state index in [1.165, 1.54) is 22.7 Å². The summed E-state index contributed by atoms with van der Waals surface area (Å²) in [7, 11) is 0. The number of aromatic nitrogens is 4. The lowest BCUT2D eigenvalue weighted by Crippen LogP contribution is -2.12. The van der Waals surface area contributed by atoms with Gasteiger partial charge in [-0.05, 0) is 22.7 Å². The Morgan fingerprint density at radius 1 is 0.458 bits per heavy atom.